The van der Waals surface area contributed by atoms with Gasteiger partial charge in [0.05, 0.1) is 24.6 Å². The summed E-state index contributed by atoms with van der Waals surface area (Å²) in [5, 5.41) is 19.6. The highest BCUT2D eigenvalue weighted by molar-refractivity contribution is 5.81. The Balaban J connectivity index is 2.02. The largest absolute Gasteiger partial charge is 0.393 e. The summed E-state index contributed by atoms with van der Waals surface area (Å²) in [6.45, 7) is 0. The van der Waals surface area contributed by atoms with Gasteiger partial charge in [0.15, 0.2) is 11.5 Å². The van der Waals surface area contributed by atoms with Gasteiger partial charge in [0, 0.05) is 6.42 Å². The number of hydrogen-bond donors (Lipinski definition) is 3. The first-order valence-electron chi connectivity index (χ1n) is 5.96. The molecule has 2 aromatic rings. The van der Waals surface area contributed by atoms with Gasteiger partial charge in [-0.15, -0.1) is 0 Å². The normalized spacial score (nSPS) is 28.7. The molecule has 2 aromatic heterocycles. The van der Waals surface area contributed by atoms with Crippen LogP contribution in [0.4, 0.5) is 5.82 Å². The van der Waals surface area contributed by atoms with Crippen molar-refractivity contribution in [3.63, 3.8) is 0 Å². The van der Waals surface area contributed by atoms with Crippen molar-refractivity contribution in [1.82, 2.24) is 19.5 Å². The molecular weight excluding hydrogens is 234 g/mol. The van der Waals surface area contributed by atoms with Crippen LogP contribution in [0.25, 0.3) is 11.2 Å². The standard InChI is InChI=1S/C11H15N5O2/c12-10-9-11(14-4-13-10)16(5-15-9)7-2-1-6(17)3-8(7)18/h4-8,17-18H,1-3H2,(H2,12,13,14). The Morgan fingerprint density at radius 1 is 1.22 bits per heavy atom. The third-order valence-electron chi connectivity index (χ3n) is 3.50. The number of nitrogens with two attached hydrogens (primary N) is 1. The summed E-state index contributed by atoms with van der Waals surface area (Å²) in [6.07, 6.45) is 3.74. The quantitative estimate of drug-likeness (QED) is 0.648. The Kier molecular flexibility index (Phi) is 2.64. The van der Waals surface area contributed by atoms with Crippen LogP contribution in [0, 0.1) is 0 Å². The molecule has 0 aromatic carbocycles. The zero-order valence-electron chi connectivity index (χ0n) is 9.77. The summed E-state index contributed by atoms with van der Waals surface area (Å²) in [5.74, 6) is 0.337. The molecule has 3 unspecified atom stereocenters. The van der Waals surface area contributed by atoms with Crippen LogP contribution < -0.4 is 5.73 Å². The third kappa shape index (κ3) is 1.72. The van der Waals surface area contributed by atoms with Crippen molar-refractivity contribution in [3.8, 4) is 0 Å². The van der Waals surface area contributed by atoms with Gasteiger partial charge in [0.1, 0.15) is 11.8 Å². The molecule has 0 aliphatic heterocycles. The van der Waals surface area contributed by atoms with E-state index in [4.69, 9.17) is 5.73 Å². The fourth-order valence-electron chi connectivity index (χ4n) is 2.55. The molecule has 1 fully saturated rings. The number of anilines is 1. The highest BCUT2D eigenvalue weighted by Crippen LogP contribution is 2.31. The zero-order chi connectivity index (χ0) is 12.7. The maximum atomic E-state index is 10.1. The summed E-state index contributed by atoms with van der Waals surface area (Å²) >= 11 is 0. The topological polar surface area (TPSA) is 110 Å². The van der Waals surface area contributed by atoms with Crippen molar-refractivity contribution < 1.29 is 10.2 Å². The Bertz CT molecular complexity index is 570. The second kappa shape index (κ2) is 4.18. The fraction of sp³-hybridized carbons (Fsp3) is 0.545. The Hall–Kier alpha value is -1.73. The number of imidazole rings is 1. The minimum atomic E-state index is -0.595. The number of rotatable bonds is 1. The van der Waals surface area contributed by atoms with Crippen molar-refractivity contribution in [2.45, 2.75) is 37.5 Å². The van der Waals surface area contributed by atoms with Crippen LogP contribution in [0.1, 0.15) is 25.3 Å². The van der Waals surface area contributed by atoms with Gasteiger partial charge in [-0.3, -0.25) is 0 Å². The molecule has 0 radical (unpaired) electrons. The fourth-order valence-corrected chi connectivity index (χ4v) is 2.55. The van der Waals surface area contributed by atoms with E-state index in [0.29, 0.717) is 36.2 Å². The van der Waals surface area contributed by atoms with Crippen LogP contribution in [0.3, 0.4) is 0 Å². The van der Waals surface area contributed by atoms with Gasteiger partial charge in [0.25, 0.3) is 0 Å². The van der Waals surface area contributed by atoms with E-state index in [1.165, 1.54) is 6.33 Å². The van der Waals surface area contributed by atoms with Crippen molar-refractivity contribution in [2.24, 2.45) is 0 Å². The van der Waals surface area contributed by atoms with Gasteiger partial charge < -0.3 is 20.5 Å². The number of fused-ring (bicyclic) bond motifs is 1. The van der Waals surface area contributed by atoms with Gasteiger partial charge in [0.2, 0.25) is 0 Å². The Labute approximate surface area is 103 Å². The summed E-state index contributed by atoms with van der Waals surface area (Å²) in [4.78, 5) is 12.2. The van der Waals surface area contributed by atoms with E-state index < -0.39 is 12.2 Å². The minimum Gasteiger partial charge on any atom is -0.393 e. The Morgan fingerprint density at radius 2 is 2.06 bits per heavy atom. The SMILES string of the molecule is Nc1ncnc2c1ncn2C1CCC(O)CC1O. The van der Waals surface area contributed by atoms with E-state index >= 15 is 0 Å². The second-order valence-corrected chi connectivity index (χ2v) is 4.68. The molecule has 0 saturated heterocycles. The molecule has 7 nitrogen and oxygen atoms in total. The van der Waals surface area contributed by atoms with E-state index in [1.54, 1.807) is 6.33 Å². The molecule has 4 N–H and O–H groups in total. The lowest BCUT2D eigenvalue weighted by atomic mass is 9.90. The minimum absolute atomic E-state index is 0.118. The lowest BCUT2D eigenvalue weighted by Crippen LogP contribution is -2.33. The zero-order valence-corrected chi connectivity index (χ0v) is 9.77. The molecule has 7 heteroatoms. The van der Waals surface area contributed by atoms with Crippen molar-refractivity contribution in [3.05, 3.63) is 12.7 Å². The third-order valence-corrected chi connectivity index (χ3v) is 3.50. The lowest BCUT2D eigenvalue weighted by Gasteiger charge is -2.31. The molecule has 0 spiro atoms. The predicted molar refractivity (Wildman–Crippen MR) is 64.6 cm³/mol. The highest BCUT2D eigenvalue weighted by atomic mass is 16.3. The molecule has 3 rings (SSSR count). The van der Waals surface area contributed by atoms with E-state index in [2.05, 4.69) is 15.0 Å². The van der Waals surface area contributed by atoms with E-state index in [0.717, 1.165) is 0 Å². The Morgan fingerprint density at radius 3 is 2.83 bits per heavy atom. The number of hydrogen-bond acceptors (Lipinski definition) is 6. The molecule has 1 aliphatic carbocycles. The first-order chi connectivity index (χ1) is 8.66. The number of aliphatic hydroxyl groups is 2. The van der Waals surface area contributed by atoms with Crippen LogP contribution >= 0.6 is 0 Å². The van der Waals surface area contributed by atoms with Crippen LogP contribution in [-0.2, 0) is 0 Å². The predicted octanol–water partition coefficient (Wildman–Crippen LogP) is -0.145. The second-order valence-electron chi connectivity index (χ2n) is 4.68. The molecule has 0 bridgehead atoms. The maximum Gasteiger partial charge on any atom is 0.165 e. The molecule has 1 saturated carbocycles. The van der Waals surface area contributed by atoms with Gasteiger partial charge in [-0.05, 0) is 12.8 Å². The monoisotopic (exact) mass is 249 g/mol. The number of nitrogen functional groups attached to an aromatic ring is 1. The molecule has 0 amide bonds. The van der Waals surface area contributed by atoms with Gasteiger partial charge in [-0.1, -0.05) is 0 Å². The highest BCUT2D eigenvalue weighted by Gasteiger charge is 2.30. The summed E-state index contributed by atoms with van der Waals surface area (Å²) in [5.41, 5.74) is 6.91. The first-order valence-corrected chi connectivity index (χ1v) is 5.96. The van der Waals surface area contributed by atoms with E-state index in [-0.39, 0.29) is 6.04 Å². The van der Waals surface area contributed by atoms with Gasteiger partial charge >= 0.3 is 0 Å². The molecule has 3 atom stereocenters. The van der Waals surface area contributed by atoms with Gasteiger partial charge in [-0.2, -0.15) is 0 Å². The number of aliphatic hydroxyl groups excluding tert-OH is 2. The average molecular weight is 249 g/mol. The smallest absolute Gasteiger partial charge is 0.165 e. The van der Waals surface area contributed by atoms with Crippen molar-refractivity contribution >= 4 is 17.0 Å². The molecular formula is C11H15N5O2. The molecule has 1 aliphatic rings. The van der Waals surface area contributed by atoms with E-state index in [9.17, 15) is 10.2 Å². The molecule has 2 heterocycles. The number of aromatic nitrogens is 4. The summed E-state index contributed by atoms with van der Waals surface area (Å²) in [6, 6.07) is -0.118. The van der Waals surface area contributed by atoms with E-state index in [1.807, 2.05) is 4.57 Å². The summed E-state index contributed by atoms with van der Waals surface area (Å²) in [7, 11) is 0. The lowest BCUT2D eigenvalue weighted by molar-refractivity contribution is 0.00699. The van der Waals surface area contributed by atoms with Crippen LogP contribution in [-0.4, -0.2) is 41.9 Å². The summed E-state index contributed by atoms with van der Waals surface area (Å²) < 4.78 is 1.82. The first kappa shape index (κ1) is 11.4. The number of nitrogens with zero attached hydrogens (tertiary/aromatic N) is 4. The van der Waals surface area contributed by atoms with Crippen molar-refractivity contribution in [2.75, 3.05) is 5.73 Å². The van der Waals surface area contributed by atoms with Crippen LogP contribution in [0.2, 0.25) is 0 Å². The maximum absolute atomic E-state index is 10.1. The van der Waals surface area contributed by atoms with Gasteiger partial charge in [-0.25, -0.2) is 15.0 Å². The van der Waals surface area contributed by atoms with Crippen LogP contribution in [0.15, 0.2) is 12.7 Å². The van der Waals surface area contributed by atoms with Crippen LogP contribution in [0.5, 0.6) is 0 Å². The average Bonchev–Trinajstić information content (AvgIpc) is 2.74. The molecule has 96 valence electrons. The molecule has 18 heavy (non-hydrogen) atoms. The van der Waals surface area contributed by atoms with Crippen molar-refractivity contribution in [1.29, 1.82) is 0 Å².